The molecule has 0 aliphatic rings. The van der Waals surface area contributed by atoms with Crippen LogP contribution in [0.3, 0.4) is 0 Å². The SMILES string of the molecule is Cc1sc(N(CCc2ccccc2Cl)c2ccc(C#N)cc2)nc1C(=O)NS(C)(=O)=O. The van der Waals surface area contributed by atoms with Crippen molar-refractivity contribution in [3.05, 3.63) is 75.3 Å². The number of carbonyl (C=O) groups is 1. The van der Waals surface area contributed by atoms with Gasteiger partial charge in [-0.25, -0.2) is 18.1 Å². The molecule has 3 rings (SSSR count). The summed E-state index contributed by atoms with van der Waals surface area (Å²) in [5.41, 5.74) is 2.33. The van der Waals surface area contributed by atoms with Crippen LogP contribution in [0.1, 0.15) is 26.5 Å². The first kappa shape index (κ1) is 22.7. The van der Waals surface area contributed by atoms with E-state index in [9.17, 15) is 13.2 Å². The zero-order chi connectivity index (χ0) is 22.6. The lowest BCUT2D eigenvalue weighted by atomic mass is 10.1. The smallest absolute Gasteiger partial charge is 0.284 e. The van der Waals surface area contributed by atoms with Crippen LogP contribution in [0.15, 0.2) is 48.5 Å². The first-order valence-corrected chi connectivity index (χ1v) is 12.3. The highest BCUT2D eigenvalue weighted by Gasteiger charge is 2.22. The molecule has 0 fully saturated rings. The standard InChI is InChI=1S/C21H19ClN4O3S2/c1-14-19(20(27)25-31(2,28)29)24-21(30-14)26(17-9-7-15(13-23)8-10-17)12-11-16-5-3-4-6-18(16)22/h3-10H,11-12H2,1-2H3,(H,25,27). The molecule has 31 heavy (non-hydrogen) atoms. The molecule has 1 amide bonds. The van der Waals surface area contributed by atoms with E-state index < -0.39 is 15.9 Å². The highest BCUT2D eigenvalue weighted by atomic mass is 35.5. The Morgan fingerprint density at radius 2 is 1.90 bits per heavy atom. The maximum Gasteiger partial charge on any atom is 0.284 e. The van der Waals surface area contributed by atoms with Gasteiger partial charge >= 0.3 is 0 Å². The lowest BCUT2D eigenvalue weighted by molar-refractivity contribution is 0.0977. The quantitative estimate of drug-likeness (QED) is 0.554. The average molecular weight is 475 g/mol. The number of aryl methyl sites for hydroxylation is 1. The summed E-state index contributed by atoms with van der Waals surface area (Å²) in [7, 11) is -3.70. The molecule has 160 valence electrons. The fourth-order valence-corrected chi connectivity index (χ4v) is 4.53. The van der Waals surface area contributed by atoms with Gasteiger partial charge in [-0.3, -0.25) is 4.79 Å². The van der Waals surface area contributed by atoms with Gasteiger partial charge in [0.2, 0.25) is 10.0 Å². The Labute approximate surface area is 190 Å². The molecule has 0 atom stereocenters. The van der Waals surface area contributed by atoms with Crippen molar-refractivity contribution in [1.29, 1.82) is 5.26 Å². The van der Waals surface area contributed by atoms with E-state index in [0.717, 1.165) is 17.5 Å². The molecule has 0 aliphatic heterocycles. The van der Waals surface area contributed by atoms with Crippen molar-refractivity contribution in [3.63, 3.8) is 0 Å². The van der Waals surface area contributed by atoms with Crippen LogP contribution in [0.25, 0.3) is 0 Å². The molecule has 0 saturated heterocycles. The number of nitrogens with one attached hydrogen (secondary N) is 1. The Kier molecular flexibility index (Phi) is 6.95. The first-order valence-electron chi connectivity index (χ1n) is 9.18. The van der Waals surface area contributed by atoms with E-state index in [-0.39, 0.29) is 5.69 Å². The van der Waals surface area contributed by atoms with Gasteiger partial charge in [0.1, 0.15) is 5.69 Å². The van der Waals surface area contributed by atoms with E-state index in [1.54, 1.807) is 31.2 Å². The van der Waals surface area contributed by atoms with Crippen molar-refractivity contribution in [2.24, 2.45) is 0 Å². The van der Waals surface area contributed by atoms with E-state index in [1.165, 1.54) is 11.3 Å². The molecule has 1 heterocycles. The molecular weight excluding hydrogens is 456 g/mol. The zero-order valence-corrected chi connectivity index (χ0v) is 19.2. The number of sulfonamides is 1. The minimum absolute atomic E-state index is 0.0572. The minimum Gasteiger partial charge on any atom is -0.317 e. The van der Waals surface area contributed by atoms with Gasteiger partial charge in [-0.2, -0.15) is 5.26 Å². The number of hydrogen-bond donors (Lipinski definition) is 1. The van der Waals surface area contributed by atoms with Crippen LogP contribution in [-0.2, 0) is 16.4 Å². The van der Waals surface area contributed by atoms with Crippen molar-refractivity contribution in [2.45, 2.75) is 13.3 Å². The molecule has 1 aromatic heterocycles. The van der Waals surface area contributed by atoms with Crippen molar-refractivity contribution in [3.8, 4) is 6.07 Å². The Morgan fingerprint density at radius 1 is 1.23 bits per heavy atom. The largest absolute Gasteiger partial charge is 0.317 e. The van der Waals surface area contributed by atoms with Gasteiger partial charge in [0.15, 0.2) is 5.13 Å². The molecule has 0 spiro atoms. The lowest BCUT2D eigenvalue weighted by Gasteiger charge is -2.22. The van der Waals surface area contributed by atoms with E-state index in [0.29, 0.717) is 33.6 Å². The van der Waals surface area contributed by atoms with Crippen LogP contribution in [0.2, 0.25) is 5.02 Å². The van der Waals surface area contributed by atoms with Crippen LogP contribution < -0.4 is 9.62 Å². The lowest BCUT2D eigenvalue weighted by Crippen LogP contribution is -2.30. The summed E-state index contributed by atoms with van der Waals surface area (Å²) in [4.78, 5) is 19.3. The number of hydrogen-bond acceptors (Lipinski definition) is 7. The highest BCUT2D eigenvalue weighted by Crippen LogP contribution is 2.32. The monoisotopic (exact) mass is 474 g/mol. The summed E-state index contributed by atoms with van der Waals surface area (Å²) in [5, 5.41) is 10.3. The molecule has 7 nitrogen and oxygen atoms in total. The van der Waals surface area contributed by atoms with E-state index in [4.69, 9.17) is 16.9 Å². The number of nitrogens with zero attached hydrogens (tertiary/aromatic N) is 3. The van der Waals surface area contributed by atoms with Crippen molar-refractivity contribution in [1.82, 2.24) is 9.71 Å². The third-order valence-corrected chi connectivity index (χ3v) is 6.30. The van der Waals surface area contributed by atoms with Crippen molar-refractivity contribution in [2.75, 3.05) is 17.7 Å². The van der Waals surface area contributed by atoms with Crippen LogP contribution in [0.4, 0.5) is 10.8 Å². The number of anilines is 2. The Bertz CT molecular complexity index is 1250. The summed E-state index contributed by atoms with van der Waals surface area (Å²) in [6, 6.07) is 16.6. The third kappa shape index (κ3) is 5.82. The number of amides is 1. The number of halogens is 1. The number of nitriles is 1. The Hall–Kier alpha value is -2.93. The second kappa shape index (κ2) is 9.47. The molecule has 0 radical (unpaired) electrons. The van der Waals surface area contributed by atoms with Crippen LogP contribution >= 0.6 is 22.9 Å². The molecular formula is C21H19ClN4O3S2. The number of aromatic nitrogens is 1. The predicted octanol–water partition coefficient (Wildman–Crippen LogP) is 4.05. The maximum absolute atomic E-state index is 12.3. The number of rotatable bonds is 7. The molecule has 10 heteroatoms. The second-order valence-corrected chi connectivity index (χ2v) is 10.1. The van der Waals surface area contributed by atoms with E-state index in [1.807, 2.05) is 33.9 Å². The Balaban J connectivity index is 1.96. The van der Waals surface area contributed by atoms with Crippen LogP contribution in [0.5, 0.6) is 0 Å². The van der Waals surface area contributed by atoms with Gasteiger partial charge < -0.3 is 4.90 Å². The number of benzene rings is 2. The maximum atomic E-state index is 12.3. The Morgan fingerprint density at radius 3 is 2.52 bits per heavy atom. The highest BCUT2D eigenvalue weighted by molar-refractivity contribution is 7.89. The molecule has 0 bridgehead atoms. The average Bonchev–Trinajstić information content (AvgIpc) is 3.10. The zero-order valence-electron chi connectivity index (χ0n) is 16.8. The number of carbonyl (C=O) groups excluding carboxylic acids is 1. The molecule has 0 unspecified atom stereocenters. The van der Waals surface area contributed by atoms with Crippen molar-refractivity contribution >= 4 is 49.7 Å². The van der Waals surface area contributed by atoms with Gasteiger partial charge in [0.25, 0.3) is 5.91 Å². The fraction of sp³-hybridized carbons (Fsp3) is 0.190. The van der Waals surface area contributed by atoms with E-state index >= 15 is 0 Å². The first-order chi connectivity index (χ1) is 14.7. The van der Waals surface area contributed by atoms with Gasteiger partial charge in [-0.1, -0.05) is 29.8 Å². The van der Waals surface area contributed by atoms with Crippen LogP contribution in [-0.4, -0.2) is 32.1 Å². The summed E-state index contributed by atoms with van der Waals surface area (Å²) in [6.45, 7) is 2.22. The van der Waals surface area contributed by atoms with Gasteiger partial charge in [0.05, 0.1) is 17.9 Å². The minimum atomic E-state index is -3.70. The predicted molar refractivity (Wildman–Crippen MR) is 122 cm³/mol. The van der Waals surface area contributed by atoms with Gasteiger partial charge in [-0.05, 0) is 49.2 Å². The molecule has 2 aromatic carbocycles. The third-order valence-electron chi connectivity index (χ3n) is 4.38. The van der Waals surface area contributed by atoms with Crippen molar-refractivity contribution < 1.29 is 13.2 Å². The van der Waals surface area contributed by atoms with Crippen LogP contribution in [0, 0.1) is 18.3 Å². The normalized spacial score (nSPS) is 11.0. The summed E-state index contributed by atoms with van der Waals surface area (Å²) < 4.78 is 24.8. The molecule has 0 saturated carbocycles. The van der Waals surface area contributed by atoms with Gasteiger partial charge in [-0.15, -0.1) is 11.3 Å². The fourth-order valence-electron chi connectivity index (χ4n) is 2.91. The molecule has 1 N–H and O–H groups in total. The topological polar surface area (TPSA) is 103 Å². The summed E-state index contributed by atoms with van der Waals surface area (Å²) in [5.74, 6) is -0.770. The summed E-state index contributed by atoms with van der Waals surface area (Å²) in [6.07, 6.45) is 1.53. The van der Waals surface area contributed by atoms with E-state index in [2.05, 4.69) is 11.1 Å². The van der Waals surface area contributed by atoms with Gasteiger partial charge in [0, 0.05) is 22.1 Å². The molecule has 0 aliphatic carbocycles. The number of thiazole rings is 1. The molecule has 3 aromatic rings. The second-order valence-electron chi connectivity index (χ2n) is 6.76. The summed E-state index contributed by atoms with van der Waals surface area (Å²) >= 11 is 7.58.